The van der Waals surface area contributed by atoms with Gasteiger partial charge in [-0.25, -0.2) is 4.98 Å². The highest BCUT2D eigenvalue weighted by atomic mass is 16.5. The topological polar surface area (TPSA) is 64.9 Å². The van der Waals surface area contributed by atoms with Gasteiger partial charge in [0.1, 0.15) is 5.65 Å². The summed E-state index contributed by atoms with van der Waals surface area (Å²) in [6, 6.07) is 9.49. The fourth-order valence-corrected chi connectivity index (χ4v) is 2.59. The predicted molar refractivity (Wildman–Crippen MR) is 100 cm³/mol. The van der Waals surface area contributed by atoms with Gasteiger partial charge in [-0.15, -0.1) is 0 Å². The summed E-state index contributed by atoms with van der Waals surface area (Å²) in [5.41, 5.74) is 3.68. The Kier molecular flexibility index (Phi) is 5.22. The predicted octanol–water partition coefficient (Wildman–Crippen LogP) is 2.99. The van der Waals surface area contributed by atoms with Gasteiger partial charge < -0.3 is 19.2 Å². The van der Waals surface area contributed by atoms with E-state index in [0.29, 0.717) is 18.0 Å². The lowest BCUT2D eigenvalue weighted by Gasteiger charge is -2.07. The molecule has 1 amide bonds. The molecule has 2 aromatic heterocycles. The van der Waals surface area contributed by atoms with E-state index in [2.05, 4.69) is 10.3 Å². The number of pyridine rings is 1. The summed E-state index contributed by atoms with van der Waals surface area (Å²) in [4.78, 5) is 16.5. The highest BCUT2D eigenvalue weighted by Gasteiger charge is 2.05. The van der Waals surface area contributed by atoms with E-state index in [1.54, 1.807) is 26.4 Å². The number of carbonyl (C=O) groups is 1. The fraction of sp³-hybridized carbons (Fsp3) is 0.200. The lowest BCUT2D eigenvalue weighted by molar-refractivity contribution is -0.116. The van der Waals surface area contributed by atoms with E-state index >= 15 is 0 Å². The first-order valence-corrected chi connectivity index (χ1v) is 8.21. The number of amides is 1. The van der Waals surface area contributed by atoms with Crippen LogP contribution < -0.4 is 14.8 Å². The van der Waals surface area contributed by atoms with Gasteiger partial charge in [0.2, 0.25) is 5.91 Å². The maximum atomic E-state index is 12.0. The third kappa shape index (κ3) is 4.03. The van der Waals surface area contributed by atoms with Gasteiger partial charge in [-0.1, -0.05) is 6.07 Å². The highest BCUT2D eigenvalue weighted by molar-refractivity contribution is 5.91. The molecular formula is C20H21N3O3. The maximum Gasteiger partial charge on any atom is 0.244 e. The van der Waals surface area contributed by atoms with Gasteiger partial charge in [-0.2, -0.15) is 0 Å². The van der Waals surface area contributed by atoms with Crippen LogP contribution in [0.2, 0.25) is 0 Å². The number of imidazole rings is 1. The molecule has 6 heteroatoms. The molecule has 0 fully saturated rings. The number of hydrogen-bond donors (Lipinski definition) is 1. The molecule has 0 aliphatic heterocycles. The van der Waals surface area contributed by atoms with Crippen LogP contribution in [-0.2, 0) is 11.3 Å². The normalized spacial score (nSPS) is 11.0. The zero-order chi connectivity index (χ0) is 18.5. The molecule has 0 unspecified atom stereocenters. The number of methoxy groups -OCH3 is 2. The van der Waals surface area contributed by atoms with E-state index in [9.17, 15) is 4.79 Å². The molecule has 1 aromatic carbocycles. The Balaban J connectivity index is 1.62. The summed E-state index contributed by atoms with van der Waals surface area (Å²) in [6.07, 6.45) is 7.08. The molecule has 1 N–H and O–H groups in total. The number of carbonyl (C=O) groups excluding carboxylic acids is 1. The average Bonchev–Trinajstić information content (AvgIpc) is 3.06. The van der Waals surface area contributed by atoms with Crippen molar-refractivity contribution in [2.45, 2.75) is 13.5 Å². The Labute approximate surface area is 152 Å². The minimum atomic E-state index is -0.187. The molecule has 3 rings (SSSR count). The molecule has 134 valence electrons. The van der Waals surface area contributed by atoms with Crippen LogP contribution in [0.15, 0.2) is 48.8 Å². The number of aromatic nitrogens is 2. The van der Waals surface area contributed by atoms with Crippen LogP contribution in [0.1, 0.15) is 16.8 Å². The summed E-state index contributed by atoms with van der Waals surface area (Å²) < 4.78 is 12.4. The number of nitrogens with zero attached hydrogens (tertiary/aromatic N) is 2. The average molecular weight is 351 g/mol. The first-order valence-electron chi connectivity index (χ1n) is 8.21. The number of nitrogens with one attached hydrogen (secondary N) is 1. The van der Waals surface area contributed by atoms with E-state index < -0.39 is 0 Å². The fourth-order valence-electron chi connectivity index (χ4n) is 2.59. The molecule has 0 aliphatic carbocycles. The quantitative estimate of drug-likeness (QED) is 0.694. The summed E-state index contributed by atoms with van der Waals surface area (Å²) in [6.45, 7) is 2.39. The SMILES string of the molecule is COc1ccc(/C=C/C(=O)NCc2cn3ccc(C)cc3n2)cc1OC. The molecule has 0 spiro atoms. The zero-order valence-corrected chi connectivity index (χ0v) is 15.0. The molecule has 2 heterocycles. The molecular weight excluding hydrogens is 330 g/mol. The molecule has 3 aromatic rings. The Morgan fingerprint density at radius 1 is 1.19 bits per heavy atom. The molecule has 0 aliphatic rings. The summed E-state index contributed by atoms with van der Waals surface area (Å²) in [7, 11) is 3.16. The van der Waals surface area contributed by atoms with Crippen molar-refractivity contribution in [2.75, 3.05) is 14.2 Å². The van der Waals surface area contributed by atoms with Crippen LogP contribution in [-0.4, -0.2) is 29.5 Å². The van der Waals surface area contributed by atoms with Crippen LogP contribution in [0.25, 0.3) is 11.7 Å². The Hall–Kier alpha value is -3.28. The van der Waals surface area contributed by atoms with Crippen molar-refractivity contribution in [3.8, 4) is 11.5 Å². The van der Waals surface area contributed by atoms with Crippen LogP contribution in [0.3, 0.4) is 0 Å². The first-order chi connectivity index (χ1) is 12.6. The van der Waals surface area contributed by atoms with Gasteiger partial charge in [-0.3, -0.25) is 4.79 Å². The van der Waals surface area contributed by atoms with Gasteiger partial charge in [-0.05, 0) is 48.4 Å². The summed E-state index contributed by atoms with van der Waals surface area (Å²) in [5, 5.41) is 2.84. The van der Waals surface area contributed by atoms with Crippen molar-refractivity contribution >= 4 is 17.6 Å². The number of fused-ring (bicyclic) bond motifs is 1. The molecule has 6 nitrogen and oxygen atoms in total. The number of ether oxygens (including phenoxy) is 2. The third-order valence-electron chi connectivity index (χ3n) is 3.94. The second kappa shape index (κ2) is 7.74. The van der Waals surface area contributed by atoms with Crippen molar-refractivity contribution in [1.82, 2.24) is 14.7 Å². The molecule has 26 heavy (non-hydrogen) atoms. The van der Waals surface area contributed by atoms with Crippen molar-refractivity contribution in [1.29, 1.82) is 0 Å². The molecule has 0 bridgehead atoms. The van der Waals surface area contributed by atoms with E-state index in [1.165, 1.54) is 6.08 Å². The van der Waals surface area contributed by atoms with Gasteiger partial charge >= 0.3 is 0 Å². The Morgan fingerprint density at radius 3 is 2.77 bits per heavy atom. The minimum absolute atomic E-state index is 0.187. The molecule has 0 saturated carbocycles. The molecule has 0 saturated heterocycles. The smallest absolute Gasteiger partial charge is 0.244 e. The lowest BCUT2D eigenvalue weighted by atomic mass is 10.2. The molecule has 0 atom stereocenters. The van der Waals surface area contributed by atoms with Crippen molar-refractivity contribution in [2.24, 2.45) is 0 Å². The van der Waals surface area contributed by atoms with E-state index in [4.69, 9.17) is 9.47 Å². The number of hydrogen-bond acceptors (Lipinski definition) is 4. The second-order valence-electron chi connectivity index (χ2n) is 5.87. The minimum Gasteiger partial charge on any atom is -0.493 e. The van der Waals surface area contributed by atoms with Gasteiger partial charge in [0, 0.05) is 18.5 Å². The second-order valence-corrected chi connectivity index (χ2v) is 5.87. The van der Waals surface area contributed by atoms with Crippen molar-refractivity contribution < 1.29 is 14.3 Å². The van der Waals surface area contributed by atoms with Crippen molar-refractivity contribution in [3.05, 3.63) is 65.6 Å². The Bertz CT molecular complexity index is 960. The Morgan fingerprint density at radius 2 is 2.00 bits per heavy atom. The van der Waals surface area contributed by atoms with Crippen LogP contribution in [0.5, 0.6) is 11.5 Å². The third-order valence-corrected chi connectivity index (χ3v) is 3.94. The van der Waals surface area contributed by atoms with Gasteiger partial charge in [0.15, 0.2) is 11.5 Å². The van der Waals surface area contributed by atoms with Gasteiger partial charge in [0.05, 0.1) is 26.5 Å². The van der Waals surface area contributed by atoms with E-state index in [1.807, 2.05) is 48.0 Å². The van der Waals surface area contributed by atoms with Crippen LogP contribution >= 0.6 is 0 Å². The lowest BCUT2D eigenvalue weighted by Crippen LogP contribution is -2.20. The highest BCUT2D eigenvalue weighted by Crippen LogP contribution is 2.27. The zero-order valence-electron chi connectivity index (χ0n) is 15.0. The number of aryl methyl sites for hydroxylation is 1. The first kappa shape index (κ1) is 17.5. The largest absolute Gasteiger partial charge is 0.493 e. The summed E-state index contributed by atoms with van der Waals surface area (Å²) in [5.74, 6) is 1.08. The monoisotopic (exact) mass is 351 g/mol. The standard InChI is InChI=1S/C20H21N3O3/c1-14-8-9-23-13-16(22-19(23)10-14)12-21-20(24)7-5-15-4-6-17(25-2)18(11-15)26-3/h4-11,13H,12H2,1-3H3,(H,21,24)/b7-5+. The van der Waals surface area contributed by atoms with E-state index in [-0.39, 0.29) is 5.91 Å². The number of benzene rings is 1. The molecule has 0 radical (unpaired) electrons. The van der Waals surface area contributed by atoms with Crippen LogP contribution in [0, 0.1) is 6.92 Å². The summed E-state index contributed by atoms with van der Waals surface area (Å²) >= 11 is 0. The van der Waals surface area contributed by atoms with Gasteiger partial charge in [0.25, 0.3) is 0 Å². The van der Waals surface area contributed by atoms with Crippen molar-refractivity contribution in [3.63, 3.8) is 0 Å². The maximum absolute atomic E-state index is 12.0. The number of rotatable bonds is 6. The van der Waals surface area contributed by atoms with Crippen LogP contribution in [0.4, 0.5) is 0 Å². The van der Waals surface area contributed by atoms with E-state index in [0.717, 1.165) is 22.5 Å².